The standard InChI is InChI=1S/C62H116O6/c1-4-7-10-13-16-19-22-24-25-26-27-28-29-30-31-32-33-34-35-36-37-39-40-43-46-49-52-55-61(64)67-58-59(57-66-60(63)54-51-48-45-42-21-18-15-12-9-6-3)68-62(65)56-53-50-47-44-41-38-23-20-17-14-11-8-5-2/h12,15,20,23,59H,4-11,13-14,16-19,21-22,24-58H2,1-3H3/b15-12-,23-20-. The zero-order chi connectivity index (χ0) is 49.3. The molecular formula is C62H116O6. The zero-order valence-electron chi connectivity index (χ0n) is 45.9. The third kappa shape index (κ3) is 54.8. The van der Waals surface area contributed by atoms with Gasteiger partial charge >= 0.3 is 17.9 Å². The van der Waals surface area contributed by atoms with Gasteiger partial charge in [0.2, 0.25) is 0 Å². The van der Waals surface area contributed by atoms with E-state index in [2.05, 4.69) is 45.1 Å². The molecule has 6 heteroatoms. The molecule has 0 fully saturated rings. The third-order valence-electron chi connectivity index (χ3n) is 13.7. The van der Waals surface area contributed by atoms with Gasteiger partial charge in [0.15, 0.2) is 6.10 Å². The summed E-state index contributed by atoms with van der Waals surface area (Å²) in [5.74, 6) is -0.876. The van der Waals surface area contributed by atoms with E-state index in [4.69, 9.17) is 14.2 Å². The Morgan fingerprint density at radius 2 is 0.515 bits per heavy atom. The van der Waals surface area contributed by atoms with Crippen LogP contribution in [0, 0.1) is 0 Å². The van der Waals surface area contributed by atoms with Crippen LogP contribution in [0.25, 0.3) is 0 Å². The normalized spacial score (nSPS) is 12.1. The Bertz CT molecular complexity index is 1100. The fourth-order valence-electron chi connectivity index (χ4n) is 9.09. The Morgan fingerprint density at radius 3 is 0.809 bits per heavy atom. The topological polar surface area (TPSA) is 78.9 Å². The van der Waals surface area contributed by atoms with Gasteiger partial charge in [-0.15, -0.1) is 0 Å². The number of carbonyl (C=O) groups is 3. The smallest absolute Gasteiger partial charge is 0.306 e. The summed E-state index contributed by atoms with van der Waals surface area (Å²) >= 11 is 0. The first-order chi connectivity index (χ1) is 33.5. The highest BCUT2D eigenvalue weighted by atomic mass is 16.6. The van der Waals surface area contributed by atoms with Crippen molar-refractivity contribution in [1.29, 1.82) is 0 Å². The lowest BCUT2D eigenvalue weighted by atomic mass is 10.0. The Balaban J connectivity index is 4.09. The van der Waals surface area contributed by atoms with Crippen molar-refractivity contribution in [2.24, 2.45) is 0 Å². The van der Waals surface area contributed by atoms with Gasteiger partial charge in [0.1, 0.15) is 13.2 Å². The van der Waals surface area contributed by atoms with E-state index in [1.54, 1.807) is 0 Å². The Kier molecular flexibility index (Phi) is 55.7. The van der Waals surface area contributed by atoms with E-state index in [0.717, 1.165) is 77.0 Å². The number of hydrogen-bond donors (Lipinski definition) is 0. The highest BCUT2D eigenvalue weighted by Crippen LogP contribution is 2.18. The van der Waals surface area contributed by atoms with E-state index >= 15 is 0 Å². The molecule has 0 spiro atoms. The third-order valence-corrected chi connectivity index (χ3v) is 13.7. The van der Waals surface area contributed by atoms with Crippen LogP contribution >= 0.6 is 0 Å². The van der Waals surface area contributed by atoms with Crippen molar-refractivity contribution in [3.8, 4) is 0 Å². The number of rotatable bonds is 56. The van der Waals surface area contributed by atoms with Crippen LogP contribution < -0.4 is 0 Å². The van der Waals surface area contributed by atoms with E-state index in [1.807, 2.05) is 0 Å². The summed E-state index contributed by atoms with van der Waals surface area (Å²) in [6, 6.07) is 0. The second-order valence-electron chi connectivity index (χ2n) is 20.6. The fourth-order valence-corrected chi connectivity index (χ4v) is 9.09. The van der Waals surface area contributed by atoms with Gasteiger partial charge in [0.05, 0.1) is 0 Å². The van der Waals surface area contributed by atoms with Gasteiger partial charge < -0.3 is 14.2 Å². The molecule has 0 aromatic rings. The number of hydrogen-bond acceptors (Lipinski definition) is 6. The van der Waals surface area contributed by atoms with Crippen LogP contribution in [0.2, 0.25) is 0 Å². The van der Waals surface area contributed by atoms with Crippen LogP contribution in [-0.4, -0.2) is 37.2 Å². The number of ether oxygens (including phenoxy) is 3. The molecular weight excluding hydrogens is 841 g/mol. The van der Waals surface area contributed by atoms with Crippen LogP contribution in [-0.2, 0) is 28.6 Å². The molecule has 0 bridgehead atoms. The van der Waals surface area contributed by atoms with Crippen molar-refractivity contribution >= 4 is 17.9 Å². The number of allylic oxidation sites excluding steroid dienone is 4. The van der Waals surface area contributed by atoms with Crippen LogP contribution in [0.15, 0.2) is 24.3 Å². The van der Waals surface area contributed by atoms with Gasteiger partial charge in [-0.3, -0.25) is 14.4 Å². The van der Waals surface area contributed by atoms with Gasteiger partial charge in [-0.05, 0) is 64.2 Å². The van der Waals surface area contributed by atoms with Gasteiger partial charge in [0.25, 0.3) is 0 Å². The van der Waals surface area contributed by atoms with Crippen molar-refractivity contribution in [3.05, 3.63) is 24.3 Å². The predicted octanol–water partition coefficient (Wildman–Crippen LogP) is 20.3. The summed E-state index contributed by atoms with van der Waals surface area (Å²) in [7, 11) is 0. The second-order valence-corrected chi connectivity index (χ2v) is 20.6. The molecule has 0 aliphatic rings. The highest BCUT2D eigenvalue weighted by Gasteiger charge is 2.19. The molecule has 0 aromatic carbocycles. The molecule has 0 aromatic heterocycles. The zero-order valence-corrected chi connectivity index (χ0v) is 45.9. The monoisotopic (exact) mass is 957 g/mol. The lowest BCUT2D eigenvalue weighted by molar-refractivity contribution is -0.167. The van der Waals surface area contributed by atoms with Gasteiger partial charge in [-0.2, -0.15) is 0 Å². The molecule has 0 radical (unpaired) electrons. The molecule has 0 saturated carbocycles. The average Bonchev–Trinajstić information content (AvgIpc) is 3.34. The Hall–Kier alpha value is -2.11. The molecule has 1 atom stereocenters. The maximum Gasteiger partial charge on any atom is 0.306 e. The predicted molar refractivity (Wildman–Crippen MR) is 293 cm³/mol. The minimum absolute atomic E-state index is 0.0732. The first kappa shape index (κ1) is 65.9. The highest BCUT2D eigenvalue weighted by molar-refractivity contribution is 5.71. The van der Waals surface area contributed by atoms with Gasteiger partial charge in [-0.25, -0.2) is 0 Å². The van der Waals surface area contributed by atoms with Crippen LogP contribution in [0.5, 0.6) is 0 Å². The molecule has 0 N–H and O–H groups in total. The lowest BCUT2D eigenvalue weighted by Crippen LogP contribution is -2.30. The van der Waals surface area contributed by atoms with Crippen LogP contribution in [0.4, 0.5) is 0 Å². The summed E-state index contributed by atoms with van der Waals surface area (Å²) in [5.41, 5.74) is 0. The van der Waals surface area contributed by atoms with Crippen LogP contribution in [0.3, 0.4) is 0 Å². The van der Waals surface area contributed by atoms with Crippen molar-refractivity contribution in [3.63, 3.8) is 0 Å². The molecule has 0 saturated heterocycles. The first-order valence-electron chi connectivity index (χ1n) is 30.3. The average molecular weight is 958 g/mol. The molecule has 0 amide bonds. The fraction of sp³-hybridized carbons (Fsp3) is 0.887. The summed E-state index contributed by atoms with van der Waals surface area (Å²) in [6.45, 7) is 6.60. The molecule has 0 rings (SSSR count). The number of carbonyl (C=O) groups excluding carboxylic acids is 3. The maximum absolute atomic E-state index is 12.8. The Morgan fingerprint density at radius 1 is 0.279 bits per heavy atom. The van der Waals surface area contributed by atoms with Crippen molar-refractivity contribution < 1.29 is 28.6 Å². The molecule has 68 heavy (non-hydrogen) atoms. The molecule has 6 nitrogen and oxygen atoms in total. The SMILES string of the molecule is CCC/C=C\CCCCCCCC(=O)OCC(COC(=O)CCCCCCCCCCCCCCCCCCCCCCCCCCCCC)OC(=O)CCCCCCC/C=C\CCCCCC. The minimum Gasteiger partial charge on any atom is -0.462 e. The summed E-state index contributed by atoms with van der Waals surface area (Å²) < 4.78 is 16.8. The van der Waals surface area contributed by atoms with Crippen molar-refractivity contribution in [2.45, 2.75) is 341 Å². The molecule has 400 valence electrons. The summed E-state index contributed by atoms with van der Waals surface area (Å²) in [4.78, 5) is 38.0. The Labute approximate surface area is 423 Å². The minimum atomic E-state index is -0.774. The molecule has 0 heterocycles. The summed E-state index contributed by atoms with van der Waals surface area (Å²) in [6.07, 6.45) is 67.8. The number of esters is 3. The van der Waals surface area contributed by atoms with E-state index < -0.39 is 6.10 Å². The van der Waals surface area contributed by atoms with E-state index in [0.29, 0.717) is 19.3 Å². The molecule has 1 unspecified atom stereocenters. The van der Waals surface area contributed by atoms with E-state index in [1.165, 1.54) is 218 Å². The van der Waals surface area contributed by atoms with Crippen LogP contribution in [0.1, 0.15) is 335 Å². The largest absolute Gasteiger partial charge is 0.462 e. The van der Waals surface area contributed by atoms with Gasteiger partial charge in [-0.1, -0.05) is 276 Å². The second kappa shape index (κ2) is 57.5. The number of unbranched alkanes of at least 4 members (excludes halogenated alkanes) is 41. The molecule has 0 aliphatic heterocycles. The van der Waals surface area contributed by atoms with Gasteiger partial charge in [0, 0.05) is 19.3 Å². The van der Waals surface area contributed by atoms with E-state index in [9.17, 15) is 14.4 Å². The lowest BCUT2D eigenvalue weighted by Gasteiger charge is -2.18. The first-order valence-corrected chi connectivity index (χ1v) is 30.3. The maximum atomic E-state index is 12.8. The van der Waals surface area contributed by atoms with Crippen molar-refractivity contribution in [1.82, 2.24) is 0 Å². The molecule has 0 aliphatic carbocycles. The van der Waals surface area contributed by atoms with E-state index in [-0.39, 0.29) is 31.1 Å². The van der Waals surface area contributed by atoms with Crippen molar-refractivity contribution in [2.75, 3.05) is 13.2 Å². The quantitative estimate of drug-likeness (QED) is 0.0262. The summed E-state index contributed by atoms with van der Waals surface area (Å²) in [5, 5.41) is 0.